The van der Waals surface area contributed by atoms with Crippen LogP contribution >= 0.6 is 11.8 Å². The molecule has 22 heavy (non-hydrogen) atoms. The van der Waals surface area contributed by atoms with E-state index in [0.717, 1.165) is 35.6 Å². The van der Waals surface area contributed by atoms with Crippen LogP contribution in [-0.4, -0.2) is 28.5 Å². The van der Waals surface area contributed by atoms with Crippen LogP contribution < -0.4 is 10.1 Å². The Morgan fingerprint density at radius 2 is 2.14 bits per heavy atom. The number of aryl methyl sites for hydroxylation is 1. The van der Waals surface area contributed by atoms with Gasteiger partial charge in [-0.15, -0.1) is 11.8 Å². The van der Waals surface area contributed by atoms with Gasteiger partial charge >= 0.3 is 0 Å². The van der Waals surface area contributed by atoms with Gasteiger partial charge in [0.25, 0.3) is 0 Å². The number of hydrogen-bond donors (Lipinski definition) is 2. The number of carbonyl (C=O) groups is 1. The highest BCUT2D eigenvalue weighted by molar-refractivity contribution is 8.00. The minimum atomic E-state index is -0.0110. The van der Waals surface area contributed by atoms with E-state index in [1.807, 2.05) is 19.1 Å². The number of thioether (sulfide) groups is 1. The lowest BCUT2D eigenvalue weighted by Gasteiger charge is -2.15. The van der Waals surface area contributed by atoms with Gasteiger partial charge in [-0.25, -0.2) is 0 Å². The van der Waals surface area contributed by atoms with Gasteiger partial charge in [-0.3, -0.25) is 9.89 Å². The van der Waals surface area contributed by atoms with E-state index in [1.165, 1.54) is 0 Å². The average Bonchev–Trinajstić information content (AvgIpc) is 2.78. The van der Waals surface area contributed by atoms with E-state index in [1.54, 1.807) is 11.8 Å². The van der Waals surface area contributed by atoms with Crippen molar-refractivity contribution in [1.29, 1.82) is 0 Å². The topological polar surface area (TPSA) is 67.0 Å². The number of ether oxygens (including phenoxy) is 1. The zero-order chi connectivity index (χ0) is 15.5. The first kappa shape index (κ1) is 15.0. The number of amides is 1. The van der Waals surface area contributed by atoms with E-state index in [0.29, 0.717) is 11.6 Å². The number of H-pyrrole nitrogens is 1. The molecule has 1 unspecified atom stereocenters. The van der Waals surface area contributed by atoms with Crippen molar-refractivity contribution in [1.82, 2.24) is 10.2 Å². The zero-order valence-electron chi connectivity index (χ0n) is 12.7. The van der Waals surface area contributed by atoms with Crippen molar-refractivity contribution in [3.05, 3.63) is 41.1 Å². The Balaban J connectivity index is 1.90. The monoisotopic (exact) mass is 317 g/mol. The molecule has 0 aliphatic carbocycles. The second-order valence-electron chi connectivity index (χ2n) is 5.27. The summed E-state index contributed by atoms with van der Waals surface area (Å²) < 4.78 is 5.63. The standard InChI is InChI=1S/C16H19N3O2S/c1-3-8-21-12-6-4-11(5-7-12)15-14-10(2)18-19-16(14)17-13(20)9-22-15/h4-7,15H,3,8-9H2,1-2H3,(H2,17,18,19,20). The number of rotatable bonds is 4. The summed E-state index contributed by atoms with van der Waals surface area (Å²) in [7, 11) is 0. The van der Waals surface area contributed by atoms with Crippen molar-refractivity contribution >= 4 is 23.5 Å². The lowest BCUT2D eigenvalue weighted by Crippen LogP contribution is -2.12. The summed E-state index contributed by atoms with van der Waals surface area (Å²) in [6, 6.07) is 8.10. The Labute approximate surface area is 133 Å². The molecule has 1 aromatic carbocycles. The predicted octanol–water partition coefficient (Wildman–Crippen LogP) is 3.28. The second-order valence-corrected chi connectivity index (χ2v) is 6.36. The van der Waals surface area contributed by atoms with E-state index in [4.69, 9.17) is 4.74 Å². The molecule has 0 radical (unpaired) electrons. The van der Waals surface area contributed by atoms with Gasteiger partial charge in [0, 0.05) is 11.3 Å². The molecule has 1 aliphatic rings. The van der Waals surface area contributed by atoms with E-state index in [2.05, 4.69) is 34.6 Å². The van der Waals surface area contributed by atoms with Crippen molar-refractivity contribution in [2.75, 3.05) is 17.7 Å². The molecule has 1 aliphatic heterocycles. The van der Waals surface area contributed by atoms with Crippen molar-refractivity contribution in [3.63, 3.8) is 0 Å². The Hall–Kier alpha value is -1.95. The van der Waals surface area contributed by atoms with Crippen LogP contribution in [0.3, 0.4) is 0 Å². The first-order valence-corrected chi connectivity index (χ1v) is 8.43. The number of benzene rings is 1. The Morgan fingerprint density at radius 1 is 1.36 bits per heavy atom. The molecular weight excluding hydrogens is 298 g/mol. The van der Waals surface area contributed by atoms with Gasteiger partial charge in [0.15, 0.2) is 5.82 Å². The molecule has 0 spiro atoms. The first-order valence-electron chi connectivity index (χ1n) is 7.38. The zero-order valence-corrected chi connectivity index (χ0v) is 13.5. The van der Waals surface area contributed by atoms with Crippen LogP contribution in [0.1, 0.15) is 35.4 Å². The Bertz CT molecular complexity index is 667. The fourth-order valence-electron chi connectivity index (χ4n) is 2.49. The van der Waals surface area contributed by atoms with Crippen LogP contribution in [-0.2, 0) is 4.79 Å². The summed E-state index contributed by atoms with van der Waals surface area (Å²) in [5, 5.41) is 10.1. The normalized spacial score (nSPS) is 17.5. The number of nitrogens with one attached hydrogen (secondary N) is 2. The Kier molecular flexibility index (Phi) is 4.38. The number of anilines is 1. The molecule has 2 N–H and O–H groups in total. The molecule has 1 aromatic heterocycles. The average molecular weight is 317 g/mol. The number of hydrogen-bond acceptors (Lipinski definition) is 4. The molecule has 0 saturated heterocycles. The van der Waals surface area contributed by atoms with E-state index >= 15 is 0 Å². The first-order chi connectivity index (χ1) is 10.7. The van der Waals surface area contributed by atoms with E-state index in [9.17, 15) is 4.79 Å². The molecule has 2 aromatic rings. The summed E-state index contributed by atoms with van der Waals surface area (Å²) in [5.41, 5.74) is 3.19. The lowest BCUT2D eigenvalue weighted by atomic mass is 10.0. The van der Waals surface area contributed by atoms with Crippen LogP contribution in [0.5, 0.6) is 5.75 Å². The summed E-state index contributed by atoms with van der Waals surface area (Å²) in [6.45, 7) is 4.79. The molecule has 0 saturated carbocycles. The minimum absolute atomic E-state index is 0.0110. The maximum absolute atomic E-state index is 11.8. The van der Waals surface area contributed by atoms with Crippen LogP contribution in [0.25, 0.3) is 0 Å². The van der Waals surface area contributed by atoms with E-state index in [-0.39, 0.29) is 11.2 Å². The van der Waals surface area contributed by atoms with Gasteiger partial charge in [0.2, 0.25) is 5.91 Å². The number of nitrogens with zero attached hydrogens (tertiary/aromatic N) is 1. The van der Waals surface area contributed by atoms with Crippen molar-refractivity contribution in [2.45, 2.75) is 25.5 Å². The minimum Gasteiger partial charge on any atom is -0.494 e. The lowest BCUT2D eigenvalue weighted by molar-refractivity contribution is -0.113. The van der Waals surface area contributed by atoms with Gasteiger partial charge in [-0.1, -0.05) is 19.1 Å². The molecule has 1 atom stereocenters. The molecule has 1 amide bonds. The van der Waals surface area contributed by atoms with Crippen LogP contribution in [0.4, 0.5) is 5.82 Å². The number of aromatic amines is 1. The SMILES string of the molecule is CCCOc1ccc(C2SCC(=O)Nc3n[nH]c(C)c32)cc1. The predicted molar refractivity (Wildman–Crippen MR) is 88.5 cm³/mol. The molecule has 0 fully saturated rings. The fourth-order valence-corrected chi connectivity index (χ4v) is 3.68. The summed E-state index contributed by atoms with van der Waals surface area (Å²) in [4.78, 5) is 11.8. The van der Waals surface area contributed by atoms with Crippen LogP contribution in [0.15, 0.2) is 24.3 Å². The molecule has 0 bridgehead atoms. The van der Waals surface area contributed by atoms with Gasteiger partial charge < -0.3 is 10.1 Å². The smallest absolute Gasteiger partial charge is 0.235 e. The fraction of sp³-hybridized carbons (Fsp3) is 0.375. The quantitative estimate of drug-likeness (QED) is 0.908. The maximum Gasteiger partial charge on any atom is 0.235 e. The highest BCUT2D eigenvalue weighted by Gasteiger charge is 2.28. The number of fused-ring (bicyclic) bond motifs is 1. The summed E-state index contributed by atoms with van der Waals surface area (Å²) >= 11 is 1.62. The van der Waals surface area contributed by atoms with Gasteiger partial charge in [-0.05, 0) is 31.0 Å². The van der Waals surface area contributed by atoms with Crippen molar-refractivity contribution in [3.8, 4) is 5.75 Å². The van der Waals surface area contributed by atoms with Gasteiger partial charge in [0.05, 0.1) is 17.6 Å². The van der Waals surface area contributed by atoms with Crippen LogP contribution in [0.2, 0.25) is 0 Å². The third kappa shape index (κ3) is 2.97. The van der Waals surface area contributed by atoms with Gasteiger partial charge in [0.1, 0.15) is 5.75 Å². The number of carbonyl (C=O) groups excluding carboxylic acids is 1. The molecule has 3 rings (SSSR count). The summed E-state index contributed by atoms with van der Waals surface area (Å²) in [5.74, 6) is 1.93. The van der Waals surface area contributed by atoms with Gasteiger partial charge in [-0.2, -0.15) is 5.10 Å². The molecular formula is C16H19N3O2S. The van der Waals surface area contributed by atoms with Crippen molar-refractivity contribution < 1.29 is 9.53 Å². The second kappa shape index (κ2) is 6.44. The number of aromatic nitrogens is 2. The molecule has 116 valence electrons. The molecule has 2 heterocycles. The molecule has 5 nitrogen and oxygen atoms in total. The highest BCUT2D eigenvalue weighted by Crippen LogP contribution is 2.42. The largest absolute Gasteiger partial charge is 0.494 e. The highest BCUT2D eigenvalue weighted by atomic mass is 32.2. The van der Waals surface area contributed by atoms with Crippen molar-refractivity contribution in [2.24, 2.45) is 0 Å². The van der Waals surface area contributed by atoms with E-state index < -0.39 is 0 Å². The Morgan fingerprint density at radius 3 is 2.86 bits per heavy atom. The maximum atomic E-state index is 11.8. The van der Waals surface area contributed by atoms with Crippen LogP contribution in [0, 0.1) is 6.92 Å². The molecule has 6 heteroatoms. The summed E-state index contributed by atoms with van der Waals surface area (Å²) in [6.07, 6.45) is 0.992. The third-order valence-corrected chi connectivity index (χ3v) is 4.82. The third-order valence-electron chi connectivity index (χ3n) is 3.55.